The quantitative estimate of drug-likeness (QED) is 0.0345. The van der Waals surface area contributed by atoms with Crippen LogP contribution in [-0.4, -0.2) is 37.9 Å². The molecule has 0 atom stereocenters. The largest absolute Gasteiger partial charge is 0.463 e. The first-order chi connectivity index (χ1) is 34.6. The van der Waals surface area contributed by atoms with Gasteiger partial charge in [0.1, 0.15) is 19.3 Å². The van der Waals surface area contributed by atoms with Gasteiger partial charge in [0, 0.05) is 19.4 Å². The third kappa shape index (κ3) is 58.9. The van der Waals surface area contributed by atoms with Gasteiger partial charge in [0.15, 0.2) is 0 Å². The normalized spacial score (nSPS) is 11.8. The van der Waals surface area contributed by atoms with E-state index in [9.17, 15) is 9.59 Å². The minimum atomic E-state index is -0.397. The maximum Gasteiger partial charge on any atom is 0.305 e. The molecular formula is C65H124O5. The highest BCUT2D eigenvalue weighted by Gasteiger charge is 2.16. The van der Waals surface area contributed by atoms with Gasteiger partial charge in [-0.25, -0.2) is 0 Å². The molecule has 0 aliphatic rings. The maximum atomic E-state index is 12.7. The zero-order valence-electron chi connectivity index (χ0n) is 47.8. The Morgan fingerprint density at radius 3 is 0.757 bits per heavy atom. The lowest BCUT2D eigenvalue weighted by Crippen LogP contribution is -2.29. The van der Waals surface area contributed by atoms with Gasteiger partial charge in [-0.3, -0.25) is 9.59 Å². The van der Waals surface area contributed by atoms with Crippen molar-refractivity contribution >= 4 is 11.9 Å². The number of ether oxygens (including phenoxy) is 3. The van der Waals surface area contributed by atoms with Crippen LogP contribution in [0.4, 0.5) is 0 Å². The van der Waals surface area contributed by atoms with E-state index >= 15 is 0 Å². The van der Waals surface area contributed by atoms with Gasteiger partial charge >= 0.3 is 11.9 Å². The van der Waals surface area contributed by atoms with Crippen LogP contribution in [0.15, 0.2) is 24.3 Å². The van der Waals surface area contributed by atoms with Gasteiger partial charge in [-0.15, -0.1) is 0 Å². The third-order valence-electron chi connectivity index (χ3n) is 14.5. The fourth-order valence-electron chi connectivity index (χ4n) is 9.65. The van der Waals surface area contributed by atoms with Crippen LogP contribution in [0.5, 0.6) is 0 Å². The number of rotatable bonds is 60. The first-order valence-corrected chi connectivity index (χ1v) is 31.9. The van der Waals surface area contributed by atoms with E-state index in [1.807, 2.05) is 0 Å². The van der Waals surface area contributed by atoms with E-state index in [1.165, 1.54) is 283 Å². The second-order valence-electron chi connectivity index (χ2n) is 21.7. The van der Waals surface area contributed by atoms with Gasteiger partial charge in [0.05, 0.1) is 0 Å². The molecule has 0 rings (SSSR count). The van der Waals surface area contributed by atoms with Crippen molar-refractivity contribution < 1.29 is 23.8 Å². The summed E-state index contributed by atoms with van der Waals surface area (Å²) in [5, 5.41) is 0. The Kier molecular flexibility index (Phi) is 60.3. The number of carbonyl (C=O) groups excluding carboxylic acids is 2. The van der Waals surface area contributed by atoms with Crippen LogP contribution < -0.4 is 0 Å². The molecule has 0 aromatic carbocycles. The second-order valence-corrected chi connectivity index (χ2v) is 21.7. The smallest absolute Gasteiger partial charge is 0.305 e. The molecule has 5 heteroatoms. The van der Waals surface area contributed by atoms with Crippen molar-refractivity contribution in [3.63, 3.8) is 0 Å². The highest BCUT2D eigenvalue weighted by atomic mass is 16.6. The number of hydrogen-bond donors (Lipinski definition) is 0. The predicted molar refractivity (Wildman–Crippen MR) is 307 cm³/mol. The number of hydrogen-bond acceptors (Lipinski definition) is 5. The van der Waals surface area contributed by atoms with Crippen molar-refractivity contribution in [3.8, 4) is 0 Å². The minimum Gasteiger partial charge on any atom is -0.463 e. The highest BCUT2D eigenvalue weighted by Crippen LogP contribution is 2.17. The van der Waals surface area contributed by atoms with Gasteiger partial charge < -0.3 is 14.2 Å². The Balaban J connectivity index is 4.20. The zero-order chi connectivity index (χ0) is 50.6. The first kappa shape index (κ1) is 68.4. The van der Waals surface area contributed by atoms with Gasteiger partial charge in [0.25, 0.3) is 0 Å². The van der Waals surface area contributed by atoms with Crippen LogP contribution in [0, 0.1) is 0 Å². The zero-order valence-corrected chi connectivity index (χ0v) is 47.8. The van der Waals surface area contributed by atoms with Gasteiger partial charge in [-0.1, -0.05) is 295 Å². The summed E-state index contributed by atoms with van der Waals surface area (Å²) in [6.07, 6.45) is 75.2. The van der Waals surface area contributed by atoms with E-state index in [4.69, 9.17) is 14.2 Å². The van der Waals surface area contributed by atoms with E-state index in [0.29, 0.717) is 19.4 Å². The molecule has 70 heavy (non-hydrogen) atoms. The van der Waals surface area contributed by atoms with E-state index in [1.54, 1.807) is 0 Å². The van der Waals surface area contributed by atoms with Crippen molar-refractivity contribution in [3.05, 3.63) is 24.3 Å². The Morgan fingerprint density at radius 1 is 0.286 bits per heavy atom. The Labute approximate surface area is 438 Å². The lowest BCUT2D eigenvalue weighted by atomic mass is 10.0. The summed E-state index contributed by atoms with van der Waals surface area (Å²) in [7, 11) is 0. The predicted octanol–water partition coefficient (Wildman–Crippen LogP) is 21.9. The van der Waals surface area contributed by atoms with E-state index in [-0.39, 0.29) is 25.2 Å². The highest BCUT2D eigenvalue weighted by molar-refractivity contribution is 5.69. The standard InChI is InChI=1S/C65H124O5/c1-4-7-10-13-16-19-22-25-28-31-33-35-37-40-43-46-49-52-55-58-64(66)69-61-63(68-60-57-54-51-48-45-42-39-30-27-24-21-18-15-12-9-6-3)62-70-65(67)59-56-53-50-47-44-41-38-36-34-32-29-26-23-20-17-14-11-8-5-2/h25-26,28-29,63H,4-24,27,30-62H2,1-3H3/b28-25-,29-26-. The molecule has 0 aliphatic carbocycles. The number of unbranched alkanes of at least 4 members (excludes halogenated alkanes) is 45. The lowest BCUT2D eigenvalue weighted by Gasteiger charge is -2.18. The van der Waals surface area contributed by atoms with Crippen molar-refractivity contribution in [2.24, 2.45) is 0 Å². The van der Waals surface area contributed by atoms with Crippen LogP contribution in [0.25, 0.3) is 0 Å². The number of esters is 2. The molecule has 0 aromatic heterocycles. The van der Waals surface area contributed by atoms with Crippen LogP contribution in [0.2, 0.25) is 0 Å². The molecule has 0 bridgehead atoms. The van der Waals surface area contributed by atoms with Crippen molar-refractivity contribution in [1.82, 2.24) is 0 Å². The van der Waals surface area contributed by atoms with Crippen LogP contribution >= 0.6 is 0 Å². The van der Waals surface area contributed by atoms with Crippen molar-refractivity contribution in [2.45, 2.75) is 361 Å². The Bertz CT molecular complexity index is 1000. The number of carbonyl (C=O) groups is 2. The Morgan fingerprint density at radius 2 is 0.500 bits per heavy atom. The molecule has 0 aliphatic heterocycles. The summed E-state index contributed by atoms with van der Waals surface area (Å²) in [6.45, 7) is 7.80. The fourth-order valence-corrected chi connectivity index (χ4v) is 9.65. The molecule has 0 saturated carbocycles. The topological polar surface area (TPSA) is 61.8 Å². The third-order valence-corrected chi connectivity index (χ3v) is 14.5. The molecule has 0 radical (unpaired) electrons. The maximum absolute atomic E-state index is 12.7. The van der Waals surface area contributed by atoms with E-state index in [2.05, 4.69) is 45.1 Å². The molecule has 0 unspecified atom stereocenters. The van der Waals surface area contributed by atoms with Crippen LogP contribution in [-0.2, 0) is 23.8 Å². The van der Waals surface area contributed by atoms with E-state index < -0.39 is 6.10 Å². The van der Waals surface area contributed by atoms with Crippen LogP contribution in [0.3, 0.4) is 0 Å². The number of allylic oxidation sites excluding steroid dienone is 4. The minimum absolute atomic E-state index is 0.158. The first-order valence-electron chi connectivity index (χ1n) is 31.9. The van der Waals surface area contributed by atoms with Gasteiger partial charge in [-0.2, -0.15) is 0 Å². The lowest BCUT2D eigenvalue weighted by molar-refractivity contribution is -0.155. The summed E-state index contributed by atoms with van der Waals surface area (Å²) < 4.78 is 17.6. The molecular weight excluding hydrogens is 861 g/mol. The average molecular weight is 986 g/mol. The Hall–Kier alpha value is -1.62. The molecule has 0 saturated heterocycles. The van der Waals surface area contributed by atoms with Crippen molar-refractivity contribution in [2.75, 3.05) is 19.8 Å². The monoisotopic (exact) mass is 985 g/mol. The summed E-state index contributed by atoms with van der Waals surface area (Å²) in [4.78, 5) is 25.4. The molecule has 0 spiro atoms. The second kappa shape index (κ2) is 61.7. The summed E-state index contributed by atoms with van der Waals surface area (Å²) >= 11 is 0. The molecule has 0 N–H and O–H groups in total. The molecule has 5 nitrogen and oxygen atoms in total. The van der Waals surface area contributed by atoms with Gasteiger partial charge in [-0.05, 0) is 70.6 Å². The van der Waals surface area contributed by atoms with Crippen molar-refractivity contribution in [1.29, 1.82) is 0 Å². The molecule has 0 amide bonds. The fraction of sp³-hybridized carbons (Fsp3) is 0.908. The van der Waals surface area contributed by atoms with Crippen LogP contribution in [0.1, 0.15) is 355 Å². The summed E-state index contributed by atoms with van der Waals surface area (Å²) in [5.74, 6) is -0.316. The van der Waals surface area contributed by atoms with E-state index in [0.717, 1.165) is 38.5 Å². The summed E-state index contributed by atoms with van der Waals surface area (Å²) in [6, 6.07) is 0. The van der Waals surface area contributed by atoms with Gasteiger partial charge in [0.2, 0.25) is 0 Å². The molecule has 0 heterocycles. The average Bonchev–Trinajstić information content (AvgIpc) is 3.36. The summed E-state index contributed by atoms with van der Waals surface area (Å²) in [5.41, 5.74) is 0. The SMILES string of the molecule is CCCCCCCC/C=C\CCCCCCCCCCCC(=O)OCC(COC(=O)CCCCCCCCCCC/C=C\CCCCCCCC)OCCCCCCCCCCCCCCCCCC. The molecule has 0 fully saturated rings. The molecule has 0 aromatic rings. The molecule has 414 valence electrons.